The molecule has 5 nitrogen and oxygen atoms in total. The Morgan fingerprint density at radius 2 is 2.04 bits per heavy atom. The fraction of sp³-hybridized carbons (Fsp3) is 0.524. The van der Waals surface area contributed by atoms with Gasteiger partial charge in [-0.15, -0.1) is 0 Å². The number of carbonyl (C=O) groups is 1. The topological polar surface area (TPSA) is 68.5 Å². The second-order valence-electron chi connectivity index (χ2n) is 7.10. The van der Waals surface area contributed by atoms with Crippen LogP contribution in [0.25, 0.3) is 11.0 Å². The highest BCUT2D eigenvalue weighted by Crippen LogP contribution is 2.24. The van der Waals surface area contributed by atoms with Gasteiger partial charge in [0.15, 0.2) is 6.61 Å². The van der Waals surface area contributed by atoms with E-state index in [-0.39, 0.29) is 18.1 Å². The summed E-state index contributed by atoms with van der Waals surface area (Å²) in [7, 11) is 0. The van der Waals surface area contributed by atoms with Crippen LogP contribution in [-0.4, -0.2) is 19.1 Å². The van der Waals surface area contributed by atoms with Gasteiger partial charge in [0.1, 0.15) is 11.3 Å². The summed E-state index contributed by atoms with van der Waals surface area (Å²) in [5.41, 5.74) is 1.12. The Kier molecular flexibility index (Phi) is 6.31. The van der Waals surface area contributed by atoms with E-state index in [9.17, 15) is 9.59 Å². The number of hydrogen-bond donors (Lipinski definition) is 1. The molecule has 0 aliphatic heterocycles. The smallest absolute Gasteiger partial charge is 0.336 e. The summed E-state index contributed by atoms with van der Waals surface area (Å²) in [4.78, 5) is 23.7. The van der Waals surface area contributed by atoms with Crippen molar-refractivity contribution in [3.8, 4) is 5.75 Å². The molecule has 1 fully saturated rings. The van der Waals surface area contributed by atoms with Crippen molar-refractivity contribution in [1.82, 2.24) is 5.32 Å². The van der Waals surface area contributed by atoms with Crippen molar-refractivity contribution < 1.29 is 13.9 Å². The first-order chi connectivity index (χ1) is 12.7. The van der Waals surface area contributed by atoms with E-state index in [2.05, 4.69) is 12.2 Å². The molecule has 0 radical (unpaired) electrons. The molecule has 0 bridgehead atoms. The van der Waals surface area contributed by atoms with Crippen molar-refractivity contribution in [2.75, 3.05) is 13.2 Å². The zero-order chi connectivity index (χ0) is 18.4. The molecule has 26 heavy (non-hydrogen) atoms. The maximum absolute atomic E-state index is 12.0. The van der Waals surface area contributed by atoms with Crippen LogP contribution in [0.5, 0.6) is 5.75 Å². The van der Waals surface area contributed by atoms with Crippen LogP contribution in [-0.2, 0) is 11.2 Å². The predicted molar refractivity (Wildman–Crippen MR) is 102 cm³/mol. The summed E-state index contributed by atoms with van der Waals surface area (Å²) in [6.07, 6.45) is 8.02. The monoisotopic (exact) mass is 357 g/mol. The molecule has 0 atom stereocenters. The fourth-order valence-corrected chi connectivity index (χ4v) is 3.63. The van der Waals surface area contributed by atoms with Gasteiger partial charge < -0.3 is 14.5 Å². The van der Waals surface area contributed by atoms with Crippen LogP contribution in [0.2, 0.25) is 0 Å². The van der Waals surface area contributed by atoms with Crippen LogP contribution in [0.15, 0.2) is 33.5 Å². The number of amides is 1. The maximum atomic E-state index is 12.0. The first-order valence-electron chi connectivity index (χ1n) is 9.62. The van der Waals surface area contributed by atoms with Crippen molar-refractivity contribution in [2.45, 2.75) is 51.9 Å². The van der Waals surface area contributed by atoms with Crippen LogP contribution in [0.4, 0.5) is 0 Å². The normalized spacial score (nSPS) is 15.1. The Labute approximate surface area is 153 Å². The number of ether oxygens (including phenoxy) is 1. The van der Waals surface area contributed by atoms with Gasteiger partial charge in [-0.1, -0.05) is 32.6 Å². The maximum Gasteiger partial charge on any atom is 0.336 e. The second-order valence-corrected chi connectivity index (χ2v) is 7.10. The Balaban J connectivity index is 1.58. The van der Waals surface area contributed by atoms with E-state index in [0.717, 1.165) is 30.3 Å². The SMILES string of the molecule is CCCc1cc(=O)oc2cc(OCC(=O)NCC3CCCCC3)ccc12. The second kappa shape index (κ2) is 8.88. The standard InChI is InChI=1S/C21H27NO4/c1-2-6-16-11-21(24)26-19-12-17(9-10-18(16)19)25-14-20(23)22-13-15-7-4-3-5-8-15/h9-12,15H,2-8,13-14H2,1H3,(H,22,23). The summed E-state index contributed by atoms with van der Waals surface area (Å²) in [6, 6.07) is 6.93. The molecule has 5 heteroatoms. The molecular weight excluding hydrogens is 330 g/mol. The van der Waals surface area contributed by atoms with Gasteiger partial charge in [-0.05, 0) is 42.9 Å². The van der Waals surface area contributed by atoms with E-state index < -0.39 is 0 Å². The first kappa shape index (κ1) is 18.5. The van der Waals surface area contributed by atoms with E-state index in [1.54, 1.807) is 12.1 Å². The molecule has 1 aliphatic carbocycles. The van der Waals surface area contributed by atoms with Crippen molar-refractivity contribution >= 4 is 16.9 Å². The number of aryl methyl sites for hydroxylation is 1. The minimum atomic E-state index is -0.358. The summed E-state index contributed by atoms with van der Waals surface area (Å²) < 4.78 is 10.9. The van der Waals surface area contributed by atoms with Crippen molar-refractivity contribution in [2.24, 2.45) is 5.92 Å². The third-order valence-electron chi connectivity index (χ3n) is 5.00. The molecule has 140 valence electrons. The Bertz CT molecular complexity index is 805. The minimum absolute atomic E-state index is 0.0306. The molecule has 1 saturated carbocycles. The zero-order valence-corrected chi connectivity index (χ0v) is 15.4. The van der Waals surface area contributed by atoms with Gasteiger partial charge in [-0.25, -0.2) is 4.79 Å². The van der Waals surface area contributed by atoms with Gasteiger partial charge in [0, 0.05) is 24.1 Å². The number of benzene rings is 1. The van der Waals surface area contributed by atoms with Gasteiger partial charge in [0.25, 0.3) is 5.91 Å². The number of hydrogen-bond acceptors (Lipinski definition) is 4. The number of carbonyl (C=O) groups excluding carboxylic acids is 1. The lowest BCUT2D eigenvalue weighted by molar-refractivity contribution is -0.123. The first-order valence-corrected chi connectivity index (χ1v) is 9.62. The van der Waals surface area contributed by atoms with Gasteiger partial charge in [0.2, 0.25) is 0 Å². The van der Waals surface area contributed by atoms with Gasteiger partial charge >= 0.3 is 5.63 Å². The van der Waals surface area contributed by atoms with Crippen LogP contribution in [0.1, 0.15) is 51.0 Å². The van der Waals surface area contributed by atoms with Gasteiger partial charge in [-0.2, -0.15) is 0 Å². The summed E-state index contributed by atoms with van der Waals surface area (Å²) >= 11 is 0. The van der Waals surface area contributed by atoms with E-state index in [0.29, 0.717) is 17.3 Å². The quantitative estimate of drug-likeness (QED) is 0.765. The van der Waals surface area contributed by atoms with Gasteiger partial charge in [0.05, 0.1) is 0 Å². The molecule has 0 saturated heterocycles. The summed E-state index contributed by atoms with van der Waals surface area (Å²) in [5.74, 6) is 1.01. The van der Waals surface area contributed by atoms with Crippen LogP contribution in [0, 0.1) is 5.92 Å². The molecule has 1 amide bonds. The van der Waals surface area contributed by atoms with E-state index in [1.165, 1.54) is 32.1 Å². The Hall–Kier alpha value is -2.30. The average molecular weight is 357 g/mol. The highest BCUT2D eigenvalue weighted by molar-refractivity contribution is 5.82. The third kappa shape index (κ3) is 4.87. The Morgan fingerprint density at radius 3 is 2.81 bits per heavy atom. The Morgan fingerprint density at radius 1 is 1.23 bits per heavy atom. The van der Waals surface area contributed by atoms with Crippen molar-refractivity contribution in [1.29, 1.82) is 0 Å². The number of rotatable bonds is 7. The van der Waals surface area contributed by atoms with Crippen LogP contribution >= 0.6 is 0 Å². The zero-order valence-electron chi connectivity index (χ0n) is 15.4. The lowest BCUT2D eigenvalue weighted by atomic mass is 9.89. The summed E-state index contributed by atoms with van der Waals surface area (Å²) in [6.45, 7) is 2.77. The van der Waals surface area contributed by atoms with E-state index in [1.807, 2.05) is 12.1 Å². The minimum Gasteiger partial charge on any atom is -0.484 e. The van der Waals surface area contributed by atoms with E-state index >= 15 is 0 Å². The predicted octanol–water partition coefficient (Wildman–Crippen LogP) is 3.82. The summed E-state index contributed by atoms with van der Waals surface area (Å²) in [5, 5.41) is 3.87. The highest BCUT2D eigenvalue weighted by Gasteiger charge is 2.14. The molecule has 1 aromatic heterocycles. The molecule has 3 rings (SSSR count). The lowest BCUT2D eigenvalue weighted by Gasteiger charge is -2.21. The van der Waals surface area contributed by atoms with Crippen molar-refractivity contribution in [3.63, 3.8) is 0 Å². The average Bonchev–Trinajstić information content (AvgIpc) is 2.65. The third-order valence-corrected chi connectivity index (χ3v) is 5.00. The molecule has 1 heterocycles. The molecular formula is C21H27NO4. The largest absolute Gasteiger partial charge is 0.484 e. The molecule has 1 aliphatic rings. The molecule has 1 N–H and O–H groups in total. The van der Waals surface area contributed by atoms with E-state index in [4.69, 9.17) is 9.15 Å². The van der Waals surface area contributed by atoms with Crippen molar-refractivity contribution in [3.05, 3.63) is 40.2 Å². The highest BCUT2D eigenvalue weighted by atomic mass is 16.5. The number of nitrogens with one attached hydrogen (secondary N) is 1. The van der Waals surface area contributed by atoms with Gasteiger partial charge in [-0.3, -0.25) is 4.79 Å². The molecule has 0 spiro atoms. The van der Waals surface area contributed by atoms with Crippen LogP contribution < -0.4 is 15.7 Å². The van der Waals surface area contributed by atoms with Crippen LogP contribution in [0.3, 0.4) is 0 Å². The fourth-order valence-electron chi connectivity index (χ4n) is 3.63. The molecule has 2 aromatic rings. The number of fused-ring (bicyclic) bond motifs is 1. The molecule has 1 aromatic carbocycles. The molecule has 0 unspecified atom stereocenters. The lowest BCUT2D eigenvalue weighted by Crippen LogP contribution is -2.33.